The van der Waals surface area contributed by atoms with Gasteiger partial charge in [-0.15, -0.1) is 10.2 Å². The molecule has 122 valence electrons. The highest BCUT2D eigenvalue weighted by molar-refractivity contribution is 8.00. The highest BCUT2D eigenvalue weighted by atomic mass is 32.2. The minimum Gasteiger partial charge on any atom is -0.465 e. The van der Waals surface area contributed by atoms with Crippen molar-refractivity contribution in [3.8, 4) is 0 Å². The zero-order chi connectivity index (χ0) is 16.1. The van der Waals surface area contributed by atoms with E-state index in [0.717, 1.165) is 42.4 Å². The van der Waals surface area contributed by atoms with E-state index < -0.39 is 5.25 Å². The van der Waals surface area contributed by atoms with Crippen LogP contribution >= 0.6 is 11.8 Å². The van der Waals surface area contributed by atoms with Crippen LogP contribution < -0.4 is 0 Å². The summed E-state index contributed by atoms with van der Waals surface area (Å²) >= 11 is 1.44. The van der Waals surface area contributed by atoms with E-state index in [1.54, 1.807) is 0 Å². The lowest BCUT2D eigenvalue weighted by molar-refractivity contribution is -0.142. The van der Waals surface area contributed by atoms with Gasteiger partial charge in [0.25, 0.3) is 0 Å². The number of fused-ring (bicyclic) bond motifs is 1. The molecule has 1 aliphatic rings. The average Bonchev–Trinajstić information content (AvgIpc) is 2.80. The molecule has 0 aliphatic carbocycles. The van der Waals surface area contributed by atoms with Gasteiger partial charge in [-0.2, -0.15) is 0 Å². The molecule has 23 heavy (non-hydrogen) atoms. The maximum absolute atomic E-state index is 12.4. The Morgan fingerprint density at radius 1 is 1.26 bits per heavy atom. The smallest absolute Gasteiger partial charge is 0.324 e. The summed E-state index contributed by atoms with van der Waals surface area (Å²) in [5, 5.41) is 9.02. The van der Waals surface area contributed by atoms with Crippen molar-refractivity contribution < 1.29 is 9.53 Å². The van der Waals surface area contributed by atoms with Crippen LogP contribution in [0.3, 0.4) is 0 Å². The van der Waals surface area contributed by atoms with Crippen LogP contribution in [-0.4, -0.2) is 27.3 Å². The van der Waals surface area contributed by atoms with Gasteiger partial charge in [-0.05, 0) is 25.3 Å². The summed E-state index contributed by atoms with van der Waals surface area (Å²) in [6.07, 6.45) is 4.47. The molecular formula is C17H21N3O2S. The number of carbonyl (C=O) groups excluding carboxylic acids is 1. The Labute approximate surface area is 140 Å². The van der Waals surface area contributed by atoms with Crippen LogP contribution in [0.2, 0.25) is 0 Å². The Kier molecular flexibility index (Phi) is 5.33. The highest BCUT2D eigenvalue weighted by Gasteiger charge is 2.27. The summed E-state index contributed by atoms with van der Waals surface area (Å²) in [5.41, 5.74) is 0.932. The summed E-state index contributed by atoms with van der Waals surface area (Å²) in [6, 6.07) is 9.72. The lowest BCUT2D eigenvalue weighted by Crippen LogP contribution is -2.14. The quantitative estimate of drug-likeness (QED) is 0.621. The number of aromatic nitrogens is 3. The number of benzene rings is 1. The SMILES string of the molecule is CCOC(=O)[C@H](Sc1nnc2n1CCCCC2)c1ccccc1. The van der Waals surface area contributed by atoms with Crippen LogP contribution in [-0.2, 0) is 22.5 Å². The van der Waals surface area contributed by atoms with Gasteiger partial charge in [-0.25, -0.2) is 0 Å². The molecular weight excluding hydrogens is 310 g/mol. The molecule has 2 heterocycles. The molecule has 2 aromatic rings. The Hall–Kier alpha value is -1.82. The molecule has 1 aliphatic heterocycles. The van der Waals surface area contributed by atoms with Crippen molar-refractivity contribution in [2.24, 2.45) is 0 Å². The minimum absolute atomic E-state index is 0.227. The van der Waals surface area contributed by atoms with Crippen LogP contribution in [0.1, 0.15) is 42.8 Å². The van der Waals surface area contributed by atoms with Gasteiger partial charge in [0.05, 0.1) is 6.61 Å². The first-order valence-corrected chi connectivity index (χ1v) is 8.98. The number of esters is 1. The van der Waals surface area contributed by atoms with Gasteiger partial charge in [-0.1, -0.05) is 48.5 Å². The van der Waals surface area contributed by atoms with Crippen molar-refractivity contribution >= 4 is 17.7 Å². The summed E-state index contributed by atoms with van der Waals surface area (Å²) < 4.78 is 7.42. The normalized spacial score (nSPS) is 15.5. The van der Waals surface area contributed by atoms with E-state index in [9.17, 15) is 4.79 Å². The first-order valence-electron chi connectivity index (χ1n) is 8.10. The zero-order valence-electron chi connectivity index (χ0n) is 13.3. The van der Waals surface area contributed by atoms with E-state index in [-0.39, 0.29) is 5.97 Å². The standard InChI is InChI=1S/C17H21N3O2S/c1-2-22-16(21)15(13-9-5-3-6-10-13)23-17-19-18-14-11-7-4-8-12-20(14)17/h3,5-6,9-10,15H,2,4,7-8,11-12H2,1H3/t15-/m1/s1. The molecule has 0 N–H and O–H groups in total. The molecule has 0 radical (unpaired) electrons. The Bertz CT molecular complexity index is 657. The number of ether oxygens (including phenoxy) is 1. The van der Waals surface area contributed by atoms with Crippen molar-refractivity contribution in [2.45, 2.75) is 49.6 Å². The number of hydrogen-bond donors (Lipinski definition) is 0. The van der Waals surface area contributed by atoms with Gasteiger partial charge >= 0.3 is 5.97 Å². The van der Waals surface area contributed by atoms with E-state index in [1.807, 2.05) is 37.3 Å². The fourth-order valence-electron chi connectivity index (χ4n) is 2.75. The van der Waals surface area contributed by atoms with E-state index in [1.165, 1.54) is 18.2 Å². The number of aryl methyl sites for hydroxylation is 1. The van der Waals surface area contributed by atoms with Crippen LogP contribution in [0, 0.1) is 0 Å². The summed E-state index contributed by atoms with van der Waals surface area (Å²) in [5.74, 6) is 0.801. The van der Waals surface area contributed by atoms with E-state index >= 15 is 0 Å². The van der Waals surface area contributed by atoms with Gasteiger partial charge in [0.2, 0.25) is 0 Å². The van der Waals surface area contributed by atoms with Gasteiger partial charge in [0.15, 0.2) is 5.16 Å². The van der Waals surface area contributed by atoms with Gasteiger partial charge in [-0.3, -0.25) is 4.79 Å². The van der Waals surface area contributed by atoms with Gasteiger partial charge in [0, 0.05) is 13.0 Å². The second kappa shape index (κ2) is 7.64. The fourth-order valence-corrected chi connectivity index (χ4v) is 3.83. The predicted octanol–water partition coefficient (Wildman–Crippen LogP) is 3.40. The first kappa shape index (κ1) is 16.1. The van der Waals surface area contributed by atoms with Crippen molar-refractivity contribution in [3.63, 3.8) is 0 Å². The highest BCUT2D eigenvalue weighted by Crippen LogP contribution is 2.36. The molecule has 1 aromatic heterocycles. The summed E-state index contributed by atoms with van der Waals surface area (Å²) in [6.45, 7) is 3.13. The molecule has 1 atom stereocenters. The summed E-state index contributed by atoms with van der Waals surface area (Å²) in [7, 11) is 0. The first-order chi connectivity index (χ1) is 11.3. The molecule has 0 saturated carbocycles. The van der Waals surface area contributed by atoms with Crippen LogP contribution in [0.5, 0.6) is 0 Å². The Balaban J connectivity index is 1.87. The summed E-state index contributed by atoms with van der Waals surface area (Å²) in [4.78, 5) is 12.4. The van der Waals surface area contributed by atoms with Gasteiger partial charge in [0.1, 0.15) is 11.1 Å². The third-order valence-corrected chi connectivity index (χ3v) is 5.11. The lowest BCUT2D eigenvalue weighted by Gasteiger charge is -2.15. The molecule has 3 rings (SSSR count). The Morgan fingerprint density at radius 2 is 2.09 bits per heavy atom. The molecule has 0 spiro atoms. The second-order valence-corrected chi connectivity index (χ2v) is 6.59. The Morgan fingerprint density at radius 3 is 2.87 bits per heavy atom. The van der Waals surface area contributed by atoms with Crippen molar-refractivity contribution in [1.29, 1.82) is 0 Å². The number of carbonyl (C=O) groups is 1. The molecule has 0 saturated heterocycles. The topological polar surface area (TPSA) is 57.0 Å². The fraction of sp³-hybridized carbons (Fsp3) is 0.471. The zero-order valence-corrected chi connectivity index (χ0v) is 14.1. The van der Waals surface area contributed by atoms with Crippen molar-refractivity contribution in [3.05, 3.63) is 41.7 Å². The van der Waals surface area contributed by atoms with Gasteiger partial charge < -0.3 is 9.30 Å². The van der Waals surface area contributed by atoms with E-state index in [0.29, 0.717) is 6.61 Å². The molecule has 1 aromatic carbocycles. The average molecular weight is 331 g/mol. The molecule has 0 fully saturated rings. The van der Waals surface area contributed by atoms with Crippen LogP contribution in [0.15, 0.2) is 35.5 Å². The second-order valence-electron chi connectivity index (χ2n) is 5.52. The number of hydrogen-bond acceptors (Lipinski definition) is 5. The third kappa shape index (κ3) is 3.75. The third-order valence-electron chi connectivity index (χ3n) is 3.90. The minimum atomic E-state index is -0.410. The number of thioether (sulfide) groups is 1. The van der Waals surface area contributed by atoms with E-state index in [4.69, 9.17) is 4.74 Å². The monoisotopic (exact) mass is 331 g/mol. The molecule has 0 unspecified atom stereocenters. The van der Waals surface area contributed by atoms with Crippen LogP contribution in [0.25, 0.3) is 0 Å². The lowest BCUT2D eigenvalue weighted by atomic mass is 10.1. The number of nitrogens with zero attached hydrogens (tertiary/aromatic N) is 3. The largest absolute Gasteiger partial charge is 0.465 e. The van der Waals surface area contributed by atoms with Crippen LogP contribution in [0.4, 0.5) is 0 Å². The van der Waals surface area contributed by atoms with E-state index in [2.05, 4.69) is 14.8 Å². The van der Waals surface area contributed by atoms with Crippen molar-refractivity contribution in [1.82, 2.24) is 14.8 Å². The predicted molar refractivity (Wildman–Crippen MR) is 89.3 cm³/mol. The maximum Gasteiger partial charge on any atom is 0.324 e. The molecule has 6 heteroatoms. The number of rotatable bonds is 5. The molecule has 0 amide bonds. The maximum atomic E-state index is 12.4. The molecule has 0 bridgehead atoms. The van der Waals surface area contributed by atoms with Crippen molar-refractivity contribution in [2.75, 3.05) is 6.61 Å². The molecule has 5 nitrogen and oxygen atoms in total.